The van der Waals surface area contributed by atoms with Crippen molar-refractivity contribution >= 4 is 5.69 Å². The van der Waals surface area contributed by atoms with Crippen molar-refractivity contribution in [1.82, 2.24) is 14.7 Å². The van der Waals surface area contributed by atoms with Crippen molar-refractivity contribution < 1.29 is 0 Å². The quantitative estimate of drug-likeness (QED) is 0.927. The summed E-state index contributed by atoms with van der Waals surface area (Å²) < 4.78 is 1.87. The number of rotatable bonds is 4. The van der Waals surface area contributed by atoms with Gasteiger partial charge in [-0.1, -0.05) is 6.42 Å². The number of nitrogens with one attached hydrogen (secondary N) is 1. The molecular weight excluding hydrogens is 248 g/mol. The van der Waals surface area contributed by atoms with E-state index in [1.54, 1.807) is 6.20 Å². The van der Waals surface area contributed by atoms with Crippen LogP contribution in [0.1, 0.15) is 19.3 Å². The van der Waals surface area contributed by atoms with Crippen LogP contribution in [0.15, 0.2) is 42.7 Å². The fraction of sp³-hybridized carbons (Fsp3) is 0.438. The second-order valence-corrected chi connectivity index (χ2v) is 5.51. The Morgan fingerprint density at radius 2 is 2.10 bits per heavy atom. The molecule has 0 bridgehead atoms. The molecule has 3 rings (SSSR count). The van der Waals surface area contributed by atoms with Crippen molar-refractivity contribution in [1.29, 1.82) is 0 Å². The molecule has 1 unspecified atom stereocenters. The van der Waals surface area contributed by atoms with E-state index in [4.69, 9.17) is 0 Å². The van der Waals surface area contributed by atoms with Gasteiger partial charge in [-0.05, 0) is 56.8 Å². The molecule has 1 N–H and O–H groups in total. The zero-order chi connectivity index (χ0) is 13.8. The molecule has 20 heavy (non-hydrogen) atoms. The number of nitrogens with zero attached hydrogens (tertiary/aromatic N) is 3. The summed E-state index contributed by atoms with van der Waals surface area (Å²) in [6.07, 6.45) is 7.75. The second kappa shape index (κ2) is 6.09. The number of likely N-dealkylation sites (N-methyl/N-ethyl adjacent to an activating group) is 1. The Labute approximate surface area is 120 Å². The number of hydrogen-bond donors (Lipinski definition) is 1. The fourth-order valence-electron chi connectivity index (χ4n) is 2.79. The number of hydrogen-bond acceptors (Lipinski definition) is 3. The van der Waals surface area contributed by atoms with E-state index in [0.717, 1.165) is 12.2 Å². The standard InChI is InChI=1S/C16H22N4/c1-19-11-3-2-5-16(19)13-17-14-6-8-15(9-7-14)20-12-4-10-18-20/h4,6-10,12,16-17H,2-3,5,11,13H2,1H3. The first-order valence-corrected chi connectivity index (χ1v) is 7.37. The maximum Gasteiger partial charge on any atom is 0.0647 e. The van der Waals surface area contributed by atoms with Crippen molar-refractivity contribution in [2.75, 3.05) is 25.5 Å². The molecule has 1 aliphatic rings. The minimum absolute atomic E-state index is 0.662. The molecule has 106 valence electrons. The van der Waals surface area contributed by atoms with Gasteiger partial charge >= 0.3 is 0 Å². The summed E-state index contributed by atoms with van der Waals surface area (Å²) in [5.41, 5.74) is 2.27. The fourth-order valence-corrected chi connectivity index (χ4v) is 2.79. The zero-order valence-corrected chi connectivity index (χ0v) is 12.0. The van der Waals surface area contributed by atoms with Gasteiger partial charge < -0.3 is 10.2 Å². The van der Waals surface area contributed by atoms with Gasteiger partial charge in [0.1, 0.15) is 0 Å². The largest absolute Gasteiger partial charge is 0.383 e. The van der Waals surface area contributed by atoms with Crippen LogP contribution >= 0.6 is 0 Å². The third-order valence-corrected chi connectivity index (χ3v) is 4.10. The van der Waals surface area contributed by atoms with Crippen LogP contribution in [-0.4, -0.2) is 40.9 Å². The summed E-state index contributed by atoms with van der Waals surface area (Å²) in [6, 6.07) is 11.0. The van der Waals surface area contributed by atoms with E-state index in [-0.39, 0.29) is 0 Å². The highest BCUT2D eigenvalue weighted by molar-refractivity contribution is 5.48. The van der Waals surface area contributed by atoms with Crippen LogP contribution in [0.2, 0.25) is 0 Å². The van der Waals surface area contributed by atoms with Gasteiger partial charge in [-0.25, -0.2) is 4.68 Å². The molecule has 1 atom stereocenters. The zero-order valence-electron chi connectivity index (χ0n) is 12.0. The average Bonchev–Trinajstić information content (AvgIpc) is 3.01. The van der Waals surface area contributed by atoms with Crippen LogP contribution in [0.4, 0.5) is 5.69 Å². The van der Waals surface area contributed by atoms with Gasteiger partial charge in [0.25, 0.3) is 0 Å². The Morgan fingerprint density at radius 3 is 2.80 bits per heavy atom. The molecule has 0 amide bonds. The molecule has 1 aromatic carbocycles. The number of piperidine rings is 1. The van der Waals surface area contributed by atoms with Crippen LogP contribution in [0.25, 0.3) is 5.69 Å². The van der Waals surface area contributed by atoms with E-state index >= 15 is 0 Å². The third kappa shape index (κ3) is 3.02. The molecule has 2 heterocycles. The molecule has 0 radical (unpaired) electrons. The lowest BCUT2D eigenvalue weighted by Gasteiger charge is -2.32. The first-order valence-electron chi connectivity index (χ1n) is 7.37. The van der Waals surface area contributed by atoms with Crippen molar-refractivity contribution in [2.24, 2.45) is 0 Å². The predicted molar refractivity (Wildman–Crippen MR) is 82.3 cm³/mol. The minimum atomic E-state index is 0.662. The molecule has 0 saturated carbocycles. The lowest BCUT2D eigenvalue weighted by atomic mass is 10.0. The molecule has 1 aliphatic heterocycles. The highest BCUT2D eigenvalue weighted by atomic mass is 15.3. The second-order valence-electron chi connectivity index (χ2n) is 5.51. The van der Waals surface area contributed by atoms with Crippen LogP contribution in [0, 0.1) is 0 Å². The van der Waals surface area contributed by atoms with Crippen molar-refractivity contribution in [3.05, 3.63) is 42.7 Å². The Bertz CT molecular complexity index is 518. The Morgan fingerprint density at radius 1 is 1.25 bits per heavy atom. The van der Waals surface area contributed by atoms with Gasteiger partial charge in [-0.2, -0.15) is 5.10 Å². The lowest BCUT2D eigenvalue weighted by molar-refractivity contribution is 0.194. The van der Waals surface area contributed by atoms with Crippen molar-refractivity contribution in [2.45, 2.75) is 25.3 Å². The topological polar surface area (TPSA) is 33.1 Å². The van der Waals surface area contributed by atoms with E-state index < -0.39 is 0 Å². The molecule has 1 fully saturated rings. The summed E-state index contributed by atoms with van der Waals surface area (Å²) in [7, 11) is 2.23. The molecule has 0 aliphatic carbocycles. The average molecular weight is 270 g/mol. The summed E-state index contributed by atoms with van der Waals surface area (Å²) in [5, 5.41) is 7.78. The Hall–Kier alpha value is -1.81. The molecule has 1 saturated heterocycles. The van der Waals surface area contributed by atoms with E-state index in [1.165, 1.54) is 31.5 Å². The number of anilines is 1. The normalized spacial score (nSPS) is 19.9. The Balaban J connectivity index is 1.58. The molecule has 4 nitrogen and oxygen atoms in total. The van der Waals surface area contributed by atoms with Gasteiger partial charge in [0.05, 0.1) is 5.69 Å². The maximum atomic E-state index is 4.24. The Kier molecular flexibility index (Phi) is 4.02. The summed E-state index contributed by atoms with van der Waals surface area (Å²) >= 11 is 0. The molecule has 4 heteroatoms. The van der Waals surface area contributed by atoms with E-state index in [9.17, 15) is 0 Å². The van der Waals surface area contributed by atoms with Crippen molar-refractivity contribution in [3.8, 4) is 5.69 Å². The lowest BCUT2D eigenvalue weighted by Crippen LogP contribution is -2.40. The van der Waals surface area contributed by atoms with Gasteiger partial charge in [0.15, 0.2) is 0 Å². The molecule has 1 aromatic heterocycles. The maximum absolute atomic E-state index is 4.24. The van der Waals surface area contributed by atoms with Gasteiger partial charge in [-0.15, -0.1) is 0 Å². The van der Waals surface area contributed by atoms with Gasteiger partial charge in [0.2, 0.25) is 0 Å². The van der Waals surface area contributed by atoms with E-state index in [0.29, 0.717) is 6.04 Å². The smallest absolute Gasteiger partial charge is 0.0647 e. The first-order chi connectivity index (χ1) is 9.83. The highest BCUT2D eigenvalue weighted by Crippen LogP contribution is 2.17. The van der Waals surface area contributed by atoms with Crippen LogP contribution < -0.4 is 5.32 Å². The SMILES string of the molecule is CN1CCCCC1CNc1ccc(-n2cccn2)cc1. The third-order valence-electron chi connectivity index (χ3n) is 4.10. The number of benzene rings is 1. The van der Waals surface area contributed by atoms with Crippen LogP contribution in [0.3, 0.4) is 0 Å². The number of aromatic nitrogens is 2. The molecular formula is C16H22N4. The minimum Gasteiger partial charge on any atom is -0.383 e. The highest BCUT2D eigenvalue weighted by Gasteiger charge is 2.18. The van der Waals surface area contributed by atoms with E-state index in [1.807, 2.05) is 16.9 Å². The van der Waals surface area contributed by atoms with Gasteiger partial charge in [0, 0.05) is 30.7 Å². The molecule has 2 aromatic rings. The summed E-state index contributed by atoms with van der Waals surface area (Å²) in [4.78, 5) is 2.47. The van der Waals surface area contributed by atoms with Crippen LogP contribution in [0.5, 0.6) is 0 Å². The monoisotopic (exact) mass is 270 g/mol. The van der Waals surface area contributed by atoms with Gasteiger partial charge in [-0.3, -0.25) is 0 Å². The van der Waals surface area contributed by atoms with E-state index in [2.05, 4.69) is 46.6 Å². The molecule has 0 spiro atoms. The first kappa shape index (κ1) is 13.2. The van der Waals surface area contributed by atoms with Crippen LogP contribution in [-0.2, 0) is 0 Å². The summed E-state index contributed by atoms with van der Waals surface area (Å²) in [5.74, 6) is 0. The number of likely N-dealkylation sites (tertiary alicyclic amines) is 1. The predicted octanol–water partition coefficient (Wildman–Crippen LogP) is 2.77. The van der Waals surface area contributed by atoms with Crippen molar-refractivity contribution in [3.63, 3.8) is 0 Å². The summed E-state index contributed by atoms with van der Waals surface area (Å²) in [6.45, 7) is 2.25.